The molecule has 19 heavy (non-hydrogen) atoms. The Kier molecular flexibility index (Phi) is 4.12. The fourth-order valence-electron chi connectivity index (χ4n) is 1.54. The first-order valence-electron chi connectivity index (χ1n) is 5.58. The molecule has 0 fully saturated rings. The SMILES string of the molecule is C/C(=N/Nc1ccc(F)cc1F)c1ccccc1Cl. The van der Waals surface area contributed by atoms with Gasteiger partial charge in [0.2, 0.25) is 0 Å². The zero-order valence-corrected chi connectivity index (χ0v) is 10.9. The average Bonchev–Trinajstić information content (AvgIpc) is 2.38. The summed E-state index contributed by atoms with van der Waals surface area (Å²) in [5.41, 5.74) is 4.01. The number of benzene rings is 2. The van der Waals surface area contributed by atoms with Crippen LogP contribution in [0.3, 0.4) is 0 Å². The van der Waals surface area contributed by atoms with Crippen molar-refractivity contribution >= 4 is 23.0 Å². The minimum atomic E-state index is -0.698. The Balaban J connectivity index is 2.21. The van der Waals surface area contributed by atoms with Crippen LogP contribution in [-0.2, 0) is 0 Å². The number of nitrogens with one attached hydrogen (secondary N) is 1. The van der Waals surface area contributed by atoms with E-state index in [2.05, 4.69) is 10.5 Å². The maximum atomic E-state index is 13.4. The summed E-state index contributed by atoms with van der Waals surface area (Å²) in [5.74, 6) is -1.33. The van der Waals surface area contributed by atoms with Crippen molar-refractivity contribution in [2.75, 3.05) is 5.43 Å². The Labute approximate surface area is 114 Å². The molecule has 0 heterocycles. The van der Waals surface area contributed by atoms with Crippen molar-refractivity contribution in [2.45, 2.75) is 6.92 Å². The molecule has 2 aromatic carbocycles. The van der Waals surface area contributed by atoms with Gasteiger partial charge in [-0.05, 0) is 25.1 Å². The molecule has 98 valence electrons. The second-order valence-electron chi connectivity index (χ2n) is 3.91. The topological polar surface area (TPSA) is 24.4 Å². The van der Waals surface area contributed by atoms with Gasteiger partial charge in [-0.3, -0.25) is 5.43 Å². The van der Waals surface area contributed by atoms with E-state index in [9.17, 15) is 8.78 Å². The lowest BCUT2D eigenvalue weighted by molar-refractivity contribution is 0.585. The molecule has 0 amide bonds. The van der Waals surface area contributed by atoms with E-state index < -0.39 is 11.6 Å². The van der Waals surface area contributed by atoms with Crippen molar-refractivity contribution in [1.29, 1.82) is 0 Å². The minimum Gasteiger partial charge on any atom is -0.275 e. The third-order valence-electron chi connectivity index (χ3n) is 2.54. The highest BCUT2D eigenvalue weighted by atomic mass is 35.5. The Morgan fingerprint density at radius 1 is 1.16 bits per heavy atom. The molecule has 0 atom stereocenters. The number of halogens is 3. The number of hydrogen-bond acceptors (Lipinski definition) is 2. The van der Waals surface area contributed by atoms with Crippen molar-refractivity contribution in [3.63, 3.8) is 0 Å². The van der Waals surface area contributed by atoms with Crippen LogP contribution in [0, 0.1) is 11.6 Å². The smallest absolute Gasteiger partial charge is 0.151 e. The zero-order valence-electron chi connectivity index (χ0n) is 10.1. The lowest BCUT2D eigenvalue weighted by atomic mass is 10.1. The van der Waals surface area contributed by atoms with Crippen LogP contribution in [0.25, 0.3) is 0 Å². The van der Waals surface area contributed by atoms with Crippen molar-refractivity contribution in [3.05, 3.63) is 64.7 Å². The van der Waals surface area contributed by atoms with Gasteiger partial charge in [0, 0.05) is 16.7 Å². The van der Waals surface area contributed by atoms with Crippen LogP contribution in [0.1, 0.15) is 12.5 Å². The summed E-state index contributed by atoms with van der Waals surface area (Å²) in [6, 6.07) is 10.4. The van der Waals surface area contributed by atoms with Gasteiger partial charge in [0.1, 0.15) is 5.82 Å². The first kappa shape index (κ1) is 13.5. The number of nitrogens with zero attached hydrogens (tertiary/aromatic N) is 1. The number of anilines is 1. The van der Waals surface area contributed by atoms with E-state index in [1.807, 2.05) is 18.2 Å². The molecule has 1 N–H and O–H groups in total. The summed E-state index contributed by atoms with van der Waals surface area (Å²) < 4.78 is 26.1. The van der Waals surface area contributed by atoms with Crippen LogP contribution in [0.15, 0.2) is 47.6 Å². The molecule has 0 spiro atoms. The summed E-state index contributed by atoms with van der Waals surface area (Å²) in [7, 11) is 0. The zero-order chi connectivity index (χ0) is 13.8. The van der Waals surface area contributed by atoms with Crippen LogP contribution >= 0.6 is 11.6 Å². The number of hydrogen-bond donors (Lipinski definition) is 1. The highest BCUT2D eigenvalue weighted by Gasteiger charge is 2.05. The van der Waals surface area contributed by atoms with Gasteiger partial charge in [-0.15, -0.1) is 0 Å². The summed E-state index contributed by atoms with van der Waals surface area (Å²) in [6.07, 6.45) is 0. The molecule has 0 saturated carbocycles. The van der Waals surface area contributed by atoms with Gasteiger partial charge in [0.25, 0.3) is 0 Å². The van der Waals surface area contributed by atoms with Gasteiger partial charge in [-0.1, -0.05) is 29.8 Å². The van der Waals surface area contributed by atoms with E-state index >= 15 is 0 Å². The molecule has 2 aromatic rings. The van der Waals surface area contributed by atoms with E-state index in [4.69, 9.17) is 11.6 Å². The second-order valence-corrected chi connectivity index (χ2v) is 4.32. The number of rotatable bonds is 3. The van der Waals surface area contributed by atoms with Gasteiger partial charge in [0.05, 0.1) is 11.4 Å². The van der Waals surface area contributed by atoms with Crippen LogP contribution in [0.5, 0.6) is 0 Å². The third kappa shape index (κ3) is 3.29. The molecule has 0 saturated heterocycles. The van der Waals surface area contributed by atoms with Gasteiger partial charge in [-0.2, -0.15) is 5.10 Å². The lowest BCUT2D eigenvalue weighted by Crippen LogP contribution is -2.01. The predicted octanol–water partition coefficient (Wildman–Crippen LogP) is 4.45. The van der Waals surface area contributed by atoms with Crippen LogP contribution < -0.4 is 5.43 Å². The molecule has 0 aliphatic heterocycles. The lowest BCUT2D eigenvalue weighted by Gasteiger charge is -2.06. The fourth-order valence-corrected chi connectivity index (χ4v) is 1.81. The van der Waals surface area contributed by atoms with Gasteiger partial charge < -0.3 is 0 Å². The first-order valence-corrected chi connectivity index (χ1v) is 5.96. The van der Waals surface area contributed by atoms with E-state index in [0.717, 1.165) is 17.7 Å². The molecular formula is C14H11ClF2N2. The Morgan fingerprint density at radius 3 is 2.58 bits per heavy atom. The fraction of sp³-hybridized carbons (Fsp3) is 0.0714. The molecule has 0 aliphatic rings. The highest BCUT2D eigenvalue weighted by Crippen LogP contribution is 2.18. The summed E-state index contributed by atoms with van der Waals surface area (Å²) in [4.78, 5) is 0. The van der Waals surface area contributed by atoms with Gasteiger partial charge >= 0.3 is 0 Å². The molecule has 0 unspecified atom stereocenters. The van der Waals surface area contributed by atoms with E-state index in [1.165, 1.54) is 6.07 Å². The predicted molar refractivity (Wildman–Crippen MR) is 73.6 cm³/mol. The van der Waals surface area contributed by atoms with Gasteiger partial charge in [0.15, 0.2) is 5.82 Å². The Bertz CT molecular complexity index is 627. The molecule has 0 aromatic heterocycles. The quantitative estimate of drug-likeness (QED) is 0.652. The van der Waals surface area contributed by atoms with Crippen molar-refractivity contribution in [1.82, 2.24) is 0 Å². The number of hydrazone groups is 1. The molecular weight excluding hydrogens is 270 g/mol. The Hall–Kier alpha value is -1.94. The monoisotopic (exact) mass is 280 g/mol. The molecule has 0 aliphatic carbocycles. The molecule has 2 nitrogen and oxygen atoms in total. The molecule has 0 bridgehead atoms. The van der Waals surface area contributed by atoms with E-state index in [-0.39, 0.29) is 5.69 Å². The average molecular weight is 281 g/mol. The maximum absolute atomic E-state index is 13.4. The molecule has 2 rings (SSSR count). The summed E-state index contributed by atoms with van der Waals surface area (Å²) in [6.45, 7) is 1.75. The van der Waals surface area contributed by atoms with E-state index in [1.54, 1.807) is 13.0 Å². The second kappa shape index (κ2) is 5.80. The molecule has 0 radical (unpaired) electrons. The van der Waals surface area contributed by atoms with E-state index in [0.29, 0.717) is 10.7 Å². The van der Waals surface area contributed by atoms with Crippen LogP contribution in [0.2, 0.25) is 5.02 Å². The van der Waals surface area contributed by atoms with Crippen molar-refractivity contribution in [2.24, 2.45) is 5.10 Å². The Morgan fingerprint density at radius 2 is 1.89 bits per heavy atom. The maximum Gasteiger partial charge on any atom is 0.151 e. The molecule has 5 heteroatoms. The van der Waals surface area contributed by atoms with Crippen molar-refractivity contribution in [3.8, 4) is 0 Å². The largest absolute Gasteiger partial charge is 0.275 e. The standard InChI is InChI=1S/C14H11ClF2N2/c1-9(11-4-2-3-5-12(11)15)18-19-14-7-6-10(16)8-13(14)17/h2-8,19H,1H3/b18-9-. The third-order valence-corrected chi connectivity index (χ3v) is 2.87. The van der Waals surface area contributed by atoms with Gasteiger partial charge in [-0.25, -0.2) is 8.78 Å². The van der Waals surface area contributed by atoms with Crippen LogP contribution in [-0.4, -0.2) is 5.71 Å². The first-order chi connectivity index (χ1) is 9.08. The normalized spacial score (nSPS) is 11.5. The minimum absolute atomic E-state index is 0.104. The van der Waals surface area contributed by atoms with Crippen LogP contribution in [0.4, 0.5) is 14.5 Å². The highest BCUT2D eigenvalue weighted by molar-refractivity contribution is 6.34. The van der Waals surface area contributed by atoms with Crippen molar-refractivity contribution < 1.29 is 8.78 Å². The summed E-state index contributed by atoms with van der Waals surface area (Å²) in [5, 5.41) is 4.60. The summed E-state index contributed by atoms with van der Waals surface area (Å²) >= 11 is 6.02.